The van der Waals surface area contributed by atoms with Gasteiger partial charge in [-0.2, -0.15) is 5.26 Å². The summed E-state index contributed by atoms with van der Waals surface area (Å²) >= 11 is 3.26. The highest BCUT2D eigenvalue weighted by molar-refractivity contribution is 9.10. The highest BCUT2D eigenvalue weighted by Gasteiger charge is 2.18. The second-order valence-electron chi connectivity index (χ2n) is 3.14. The van der Waals surface area contributed by atoms with E-state index < -0.39 is 5.97 Å². The number of aryl methyl sites for hydroxylation is 1. The summed E-state index contributed by atoms with van der Waals surface area (Å²) in [7, 11) is 0. The van der Waals surface area contributed by atoms with Crippen LogP contribution in [0.4, 0.5) is 0 Å². The van der Waals surface area contributed by atoms with E-state index in [0.29, 0.717) is 28.6 Å². The van der Waals surface area contributed by atoms with Crippen LogP contribution in [0.2, 0.25) is 0 Å². The van der Waals surface area contributed by atoms with Crippen LogP contribution < -0.4 is 0 Å². The minimum atomic E-state index is -0.433. The molecule has 0 spiro atoms. The van der Waals surface area contributed by atoms with Gasteiger partial charge >= 0.3 is 5.97 Å². The summed E-state index contributed by atoms with van der Waals surface area (Å²) in [4.78, 5) is 11.8. The summed E-state index contributed by atoms with van der Waals surface area (Å²) in [6.07, 6.45) is 0.691. The second kappa shape index (κ2) is 5.66. The molecule has 0 aliphatic carbocycles. The molecule has 1 rings (SSSR count). The van der Waals surface area contributed by atoms with Gasteiger partial charge in [0.2, 0.25) is 0 Å². The summed E-state index contributed by atoms with van der Waals surface area (Å²) in [6.45, 7) is 3.99. The number of halogens is 1. The Kier molecular flexibility index (Phi) is 4.51. The van der Waals surface area contributed by atoms with E-state index in [0.717, 1.165) is 5.56 Å². The van der Waals surface area contributed by atoms with Gasteiger partial charge in [-0.1, -0.05) is 13.0 Å². The van der Waals surface area contributed by atoms with Crippen LogP contribution in [0.3, 0.4) is 0 Å². The van der Waals surface area contributed by atoms with Gasteiger partial charge in [-0.25, -0.2) is 4.79 Å². The Morgan fingerprint density at radius 3 is 2.69 bits per heavy atom. The molecule has 1 aromatic carbocycles. The number of nitriles is 1. The molecule has 0 aromatic heterocycles. The SMILES string of the molecule is CCOC(=O)c1c(CC)ccc(Br)c1C#N. The lowest BCUT2D eigenvalue weighted by Gasteiger charge is -2.10. The van der Waals surface area contributed by atoms with Crippen molar-refractivity contribution in [2.45, 2.75) is 20.3 Å². The lowest BCUT2D eigenvalue weighted by molar-refractivity contribution is 0.0524. The van der Waals surface area contributed by atoms with Gasteiger partial charge in [0, 0.05) is 4.47 Å². The molecule has 4 heteroatoms. The second-order valence-corrected chi connectivity index (χ2v) is 4.00. The summed E-state index contributed by atoms with van der Waals surface area (Å²) in [5.74, 6) is -0.433. The monoisotopic (exact) mass is 281 g/mol. The topological polar surface area (TPSA) is 50.1 Å². The zero-order chi connectivity index (χ0) is 12.1. The molecule has 0 fully saturated rings. The van der Waals surface area contributed by atoms with Crippen LogP contribution in [0.5, 0.6) is 0 Å². The normalized spacial score (nSPS) is 9.62. The summed E-state index contributed by atoms with van der Waals surface area (Å²) < 4.78 is 5.58. The van der Waals surface area contributed by atoms with Crippen molar-refractivity contribution in [3.63, 3.8) is 0 Å². The first-order chi connectivity index (χ1) is 7.65. The Morgan fingerprint density at radius 1 is 1.50 bits per heavy atom. The van der Waals surface area contributed by atoms with E-state index in [1.807, 2.05) is 19.1 Å². The van der Waals surface area contributed by atoms with Gasteiger partial charge in [0.1, 0.15) is 6.07 Å². The van der Waals surface area contributed by atoms with Crippen molar-refractivity contribution in [3.05, 3.63) is 33.3 Å². The van der Waals surface area contributed by atoms with Crippen molar-refractivity contribution in [2.24, 2.45) is 0 Å². The Hall–Kier alpha value is -1.34. The van der Waals surface area contributed by atoms with Gasteiger partial charge in [-0.3, -0.25) is 0 Å². The summed E-state index contributed by atoms with van der Waals surface area (Å²) in [5.41, 5.74) is 1.55. The maximum absolute atomic E-state index is 11.8. The number of carbonyl (C=O) groups is 1. The number of hydrogen-bond donors (Lipinski definition) is 0. The van der Waals surface area contributed by atoms with Crippen LogP contribution >= 0.6 is 15.9 Å². The van der Waals surface area contributed by atoms with Gasteiger partial charge in [-0.05, 0) is 40.9 Å². The van der Waals surface area contributed by atoms with Crippen LogP contribution in [0.15, 0.2) is 16.6 Å². The molecule has 0 saturated heterocycles. The summed E-state index contributed by atoms with van der Waals surface area (Å²) in [6, 6.07) is 5.64. The van der Waals surface area contributed by atoms with E-state index in [-0.39, 0.29) is 0 Å². The van der Waals surface area contributed by atoms with Crippen molar-refractivity contribution < 1.29 is 9.53 Å². The lowest BCUT2D eigenvalue weighted by Crippen LogP contribution is -2.10. The molecule has 84 valence electrons. The maximum atomic E-state index is 11.8. The maximum Gasteiger partial charge on any atom is 0.339 e. The first kappa shape index (κ1) is 12.7. The van der Waals surface area contributed by atoms with Crippen LogP contribution in [-0.4, -0.2) is 12.6 Å². The molecule has 0 saturated carbocycles. The number of esters is 1. The zero-order valence-corrected chi connectivity index (χ0v) is 10.8. The van der Waals surface area contributed by atoms with E-state index >= 15 is 0 Å². The van der Waals surface area contributed by atoms with Crippen molar-refractivity contribution in [1.29, 1.82) is 5.26 Å². The van der Waals surface area contributed by atoms with Crippen LogP contribution in [-0.2, 0) is 11.2 Å². The molecule has 0 N–H and O–H groups in total. The van der Waals surface area contributed by atoms with Gasteiger partial charge in [0.05, 0.1) is 17.7 Å². The molecule has 16 heavy (non-hydrogen) atoms. The molecular formula is C12H12BrNO2. The highest BCUT2D eigenvalue weighted by atomic mass is 79.9. The largest absolute Gasteiger partial charge is 0.462 e. The zero-order valence-electron chi connectivity index (χ0n) is 9.21. The van der Waals surface area contributed by atoms with Crippen molar-refractivity contribution in [2.75, 3.05) is 6.61 Å². The number of rotatable bonds is 3. The number of nitrogens with zero attached hydrogens (tertiary/aromatic N) is 1. The van der Waals surface area contributed by atoms with Gasteiger partial charge < -0.3 is 4.74 Å². The fourth-order valence-electron chi connectivity index (χ4n) is 1.46. The molecule has 0 unspecified atom stereocenters. The molecule has 0 aliphatic heterocycles. The molecular weight excluding hydrogens is 270 g/mol. The van der Waals surface area contributed by atoms with Crippen molar-refractivity contribution >= 4 is 21.9 Å². The minimum Gasteiger partial charge on any atom is -0.462 e. The highest BCUT2D eigenvalue weighted by Crippen LogP contribution is 2.24. The molecule has 1 aromatic rings. The molecule has 0 amide bonds. The minimum absolute atomic E-state index is 0.305. The number of benzene rings is 1. The Morgan fingerprint density at radius 2 is 2.19 bits per heavy atom. The van der Waals surface area contributed by atoms with Gasteiger partial charge in [-0.15, -0.1) is 0 Å². The van der Waals surface area contributed by atoms with E-state index in [1.54, 1.807) is 13.0 Å². The third-order valence-corrected chi connectivity index (χ3v) is 2.87. The fourth-order valence-corrected chi connectivity index (χ4v) is 1.88. The molecule has 0 bridgehead atoms. The average Bonchev–Trinajstić information content (AvgIpc) is 2.28. The first-order valence-electron chi connectivity index (χ1n) is 5.04. The molecule has 3 nitrogen and oxygen atoms in total. The Labute approximate surface area is 103 Å². The van der Waals surface area contributed by atoms with Crippen LogP contribution in [0.25, 0.3) is 0 Å². The van der Waals surface area contributed by atoms with E-state index in [4.69, 9.17) is 10.00 Å². The van der Waals surface area contributed by atoms with Crippen molar-refractivity contribution in [3.8, 4) is 6.07 Å². The number of carbonyl (C=O) groups excluding carboxylic acids is 1. The predicted octanol–water partition coefficient (Wildman–Crippen LogP) is 3.06. The number of hydrogen-bond acceptors (Lipinski definition) is 3. The predicted molar refractivity (Wildman–Crippen MR) is 64.2 cm³/mol. The molecule has 0 atom stereocenters. The average molecular weight is 282 g/mol. The van der Waals surface area contributed by atoms with E-state index in [2.05, 4.69) is 15.9 Å². The third-order valence-electron chi connectivity index (χ3n) is 2.21. The van der Waals surface area contributed by atoms with Gasteiger partial charge in [0.15, 0.2) is 0 Å². The molecule has 0 aliphatic rings. The Balaban J connectivity index is 3.37. The quantitative estimate of drug-likeness (QED) is 0.800. The van der Waals surface area contributed by atoms with Crippen molar-refractivity contribution in [1.82, 2.24) is 0 Å². The first-order valence-corrected chi connectivity index (χ1v) is 5.83. The smallest absolute Gasteiger partial charge is 0.339 e. The molecule has 0 radical (unpaired) electrons. The van der Waals surface area contributed by atoms with E-state index in [1.165, 1.54) is 0 Å². The van der Waals surface area contributed by atoms with E-state index in [9.17, 15) is 4.79 Å². The van der Waals surface area contributed by atoms with Crippen LogP contribution in [0, 0.1) is 11.3 Å². The van der Waals surface area contributed by atoms with Gasteiger partial charge in [0.25, 0.3) is 0 Å². The number of ether oxygens (including phenoxy) is 1. The summed E-state index contributed by atoms with van der Waals surface area (Å²) in [5, 5.41) is 9.05. The van der Waals surface area contributed by atoms with Crippen LogP contribution in [0.1, 0.15) is 35.3 Å². The Bertz CT molecular complexity index is 449. The third kappa shape index (κ3) is 2.42. The lowest BCUT2D eigenvalue weighted by atomic mass is 10.00. The standard InChI is InChI=1S/C12H12BrNO2/c1-3-8-5-6-10(13)9(7-14)11(8)12(15)16-4-2/h5-6H,3-4H2,1-2H3. The fraction of sp³-hybridized carbons (Fsp3) is 0.333. The molecule has 0 heterocycles.